The van der Waals surface area contributed by atoms with Crippen molar-refractivity contribution in [1.82, 2.24) is 20.5 Å². The Hall–Kier alpha value is -2.09. The second-order valence-corrected chi connectivity index (χ2v) is 6.57. The smallest absolute Gasteiger partial charge is 0.321 e. The van der Waals surface area contributed by atoms with Crippen molar-refractivity contribution in [2.45, 2.75) is 30.0 Å². The van der Waals surface area contributed by atoms with Crippen LogP contribution in [0, 0.1) is 0 Å². The van der Waals surface area contributed by atoms with Crippen LogP contribution in [0.15, 0.2) is 23.4 Å². The Balaban J connectivity index is 1.92. The zero-order valence-electron chi connectivity index (χ0n) is 13.2. The van der Waals surface area contributed by atoms with E-state index < -0.39 is 17.2 Å². The van der Waals surface area contributed by atoms with Crippen LogP contribution in [-0.2, 0) is 4.79 Å². The highest BCUT2D eigenvalue weighted by atomic mass is 32.2. The van der Waals surface area contributed by atoms with Crippen LogP contribution in [-0.4, -0.2) is 53.1 Å². The summed E-state index contributed by atoms with van der Waals surface area (Å²) in [5.41, 5.74) is 0.554. The fraction of sp³-hybridized carbons (Fsp3) is 0.467. The highest BCUT2D eigenvalue weighted by Crippen LogP contribution is 2.22. The number of amides is 4. The Bertz CT molecular complexity index is 585. The minimum absolute atomic E-state index is 0.00282. The number of imide groups is 1. The normalized spacial score (nSPS) is 15.1. The molecule has 1 aliphatic heterocycles. The molecule has 0 radical (unpaired) electrons. The summed E-state index contributed by atoms with van der Waals surface area (Å²) < 4.78 is 0. The molecule has 7 nitrogen and oxygen atoms in total. The number of carbonyl (C=O) groups excluding carboxylic acids is 3. The molecule has 2 heterocycles. The maximum atomic E-state index is 12.2. The van der Waals surface area contributed by atoms with Gasteiger partial charge in [-0.2, -0.15) is 0 Å². The molecule has 8 heteroatoms. The van der Waals surface area contributed by atoms with Gasteiger partial charge in [0.2, 0.25) is 5.91 Å². The van der Waals surface area contributed by atoms with Crippen molar-refractivity contribution >= 4 is 29.6 Å². The third-order valence-corrected chi connectivity index (χ3v) is 4.56. The number of aromatic nitrogens is 1. The summed E-state index contributed by atoms with van der Waals surface area (Å²) in [7, 11) is 1.44. The first-order chi connectivity index (χ1) is 11.0. The van der Waals surface area contributed by atoms with Crippen LogP contribution in [0.25, 0.3) is 0 Å². The van der Waals surface area contributed by atoms with Crippen LogP contribution < -0.4 is 10.6 Å². The quantitative estimate of drug-likeness (QED) is 0.808. The average Bonchev–Trinajstić information content (AvgIpc) is 3.09. The summed E-state index contributed by atoms with van der Waals surface area (Å²) in [6.07, 6.45) is 3.63. The van der Waals surface area contributed by atoms with Gasteiger partial charge in [0.1, 0.15) is 0 Å². The molecule has 1 atom stereocenters. The first kappa shape index (κ1) is 17.3. The predicted molar refractivity (Wildman–Crippen MR) is 87.3 cm³/mol. The van der Waals surface area contributed by atoms with Crippen LogP contribution in [0.5, 0.6) is 0 Å². The van der Waals surface area contributed by atoms with E-state index in [4.69, 9.17) is 0 Å². The van der Waals surface area contributed by atoms with Crippen molar-refractivity contribution in [3.05, 3.63) is 23.9 Å². The summed E-state index contributed by atoms with van der Waals surface area (Å²) in [5.74, 6) is -0.398. The topological polar surface area (TPSA) is 91.4 Å². The molecule has 0 bridgehead atoms. The monoisotopic (exact) mass is 336 g/mol. The van der Waals surface area contributed by atoms with E-state index in [-0.39, 0.29) is 5.91 Å². The summed E-state index contributed by atoms with van der Waals surface area (Å²) in [5, 5.41) is 4.70. The van der Waals surface area contributed by atoms with Crippen molar-refractivity contribution in [2.75, 3.05) is 20.1 Å². The van der Waals surface area contributed by atoms with Crippen LogP contribution in [0.2, 0.25) is 0 Å². The van der Waals surface area contributed by atoms with Gasteiger partial charge in [-0.1, -0.05) is 11.8 Å². The largest absolute Gasteiger partial charge is 0.341 e. The minimum atomic E-state index is -0.540. The molecule has 1 aromatic heterocycles. The number of pyridine rings is 1. The van der Waals surface area contributed by atoms with Gasteiger partial charge in [-0.3, -0.25) is 14.9 Å². The van der Waals surface area contributed by atoms with E-state index in [2.05, 4.69) is 15.6 Å². The molecule has 0 aliphatic carbocycles. The summed E-state index contributed by atoms with van der Waals surface area (Å²) in [4.78, 5) is 41.2. The van der Waals surface area contributed by atoms with Crippen molar-refractivity contribution in [2.24, 2.45) is 0 Å². The van der Waals surface area contributed by atoms with Gasteiger partial charge in [-0.25, -0.2) is 9.78 Å². The fourth-order valence-electron chi connectivity index (χ4n) is 2.19. The van der Waals surface area contributed by atoms with Crippen LogP contribution in [0.3, 0.4) is 0 Å². The molecular formula is C15H20N4O3S. The molecule has 0 aromatic carbocycles. The lowest BCUT2D eigenvalue weighted by molar-refractivity contribution is -0.119. The third-order valence-electron chi connectivity index (χ3n) is 3.51. The molecule has 0 saturated carbocycles. The average molecular weight is 336 g/mol. The van der Waals surface area contributed by atoms with Gasteiger partial charge < -0.3 is 10.2 Å². The Morgan fingerprint density at radius 3 is 2.52 bits per heavy atom. The maximum Gasteiger partial charge on any atom is 0.321 e. The lowest BCUT2D eigenvalue weighted by Crippen LogP contribution is -2.41. The van der Waals surface area contributed by atoms with Crippen LogP contribution in [0.1, 0.15) is 30.1 Å². The van der Waals surface area contributed by atoms with Crippen LogP contribution in [0.4, 0.5) is 4.79 Å². The number of thioether (sulfide) groups is 1. The number of carbonyl (C=O) groups is 3. The van der Waals surface area contributed by atoms with Crippen molar-refractivity contribution in [3.8, 4) is 0 Å². The predicted octanol–water partition coefficient (Wildman–Crippen LogP) is 1.25. The number of hydrogen-bond acceptors (Lipinski definition) is 5. The van der Waals surface area contributed by atoms with Gasteiger partial charge in [0.25, 0.3) is 5.91 Å². The number of likely N-dealkylation sites (tertiary alicyclic amines) is 1. The van der Waals surface area contributed by atoms with Crippen LogP contribution >= 0.6 is 11.8 Å². The molecule has 124 valence electrons. The highest BCUT2D eigenvalue weighted by molar-refractivity contribution is 8.00. The lowest BCUT2D eigenvalue weighted by Gasteiger charge is -2.15. The van der Waals surface area contributed by atoms with Gasteiger partial charge in [0.05, 0.1) is 15.8 Å². The maximum absolute atomic E-state index is 12.2. The van der Waals surface area contributed by atoms with E-state index in [0.717, 1.165) is 25.9 Å². The van der Waals surface area contributed by atoms with Crippen molar-refractivity contribution in [3.63, 3.8) is 0 Å². The zero-order chi connectivity index (χ0) is 16.8. The molecule has 1 aliphatic rings. The summed E-state index contributed by atoms with van der Waals surface area (Å²) >= 11 is 1.23. The molecule has 1 saturated heterocycles. The van der Waals surface area contributed by atoms with E-state index >= 15 is 0 Å². The molecule has 1 aromatic rings. The number of hydrogen-bond donors (Lipinski definition) is 2. The molecular weight excluding hydrogens is 316 g/mol. The first-order valence-corrected chi connectivity index (χ1v) is 8.34. The van der Waals surface area contributed by atoms with E-state index in [9.17, 15) is 14.4 Å². The molecule has 0 spiro atoms. The first-order valence-electron chi connectivity index (χ1n) is 7.46. The Labute approximate surface area is 139 Å². The highest BCUT2D eigenvalue weighted by Gasteiger charge is 2.20. The number of rotatable bonds is 4. The molecule has 1 fully saturated rings. The lowest BCUT2D eigenvalue weighted by atomic mass is 10.2. The SMILES string of the molecule is CNC(=O)NC(=O)[C@@H](C)Sc1ccc(C(=O)N2CCCC2)cn1. The second kappa shape index (κ2) is 7.96. The van der Waals surface area contributed by atoms with Crippen molar-refractivity contribution in [1.29, 1.82) is 0 Å². The Kier molecular flexibility index (Phi) is 5.97. The van der Waals surface area contributed by atoms with Gasteiger partial charge in [0.15, 0.2) is 0 Å². The number of nitrogens with one attached hydrogen (secondary N) is 2. The van der Waals surface area contributed by atoms with Gasteiger partial charge in [-0.15, -0.1) is 0 Å². The molecule has 4 amide bonds. The number of nitrogens with zero attached hydrogens (tertiary/aromatic N) is 2. The standard InChI is InChI=1S/C15H20N4O3S/c1-10(13(20)18-15(22)16-2)23-12-6-5-11(9-17-12)14(21)19-7-3-4-8-19/h5-6,9-10H,3-4,7-8H2,1-2H3,(H2,16,18,20,22)/t10-/m1/s1. The zero-order valence-corrected chi connectivity index (χ0v) is 14.0. The van der Waals surface area contributed by atoms with E-state index in [1.54, 1.807) is 19.1 Å². The fourth-order valence-corrected chi connectivity index (χ4v) is 2.98. The van der Waals surface area contributed by atoms with E-state index in [1.807, 2.05) is 4.90 Å². The number of urea groups is 1. The minimum Gasteiger partial charge on any atom is -0.341 e. The molecule has 0 unspecified atom stereocenters. The van der Waals surface area contributed by atoms with Gasteiger partial charge in [0, 0.05) is 26.3 Å². The van der Waals surface area contributed by atoms with E-state index in [1.165, 1.54) is 25.0 Å². The summed E-state index contributed by atoms with van der Waals surface area (Å²) in [6, 6.07) is 2.90. The van der Waals surface area contributed by atoms with Gasteiger partial charge in [-0.05, 0) is 31.9 Å². The molecule has 2 rings (SSSR count). The molecule has 2 N–H and O–H groups in total. The summed E-state index contributed by atoms with van der Waals surface area (Å²) in [6.45, 7) is 3.28. The molecule has 23 heavy (non-hydrogen) atoms. The Morgan fingerprint density at radius 2 is 1.96 bits per heavy atom. The van der Waals surface area contributed by atoms with Crippen molar-refractivity contribution < 1.29 is 14.4 Å². The van der Waals surface area contributed by atoms with E-state index in [0.29, 0.717) is 10.6 Å². The third kappa shape index (κ3) is 4.69. The van der Waals surface area contributed by atoms with Gasteiger partial charge >= 0.3 is 6.03 Å². The Morgan fingerprint density at radius 1 is 1.26 bits per heavy atom. The second-order valence-electron chi connectivity index (χ2n) is 5.21.